The quantitative estimate of drug-likeness (QED) is 0.0484. The van der Waals surface area contributed by atoms with Gasteiger partial charge < -0.3 is 72.3 Å². The van der Waals surface area contributed by atoms with E-state index in [-0.39, 0.29) is 67.4 Å². The van der Waals surface area contributed by atoms with Crippen molar-refractivity contribution >= 4 is 69.8 Å². The van der Waals surface area contributed by atoms with E-state index >= 15 is 0 Å². The molecular weight excluding hydrogens is 891 g/mol. The number of rotatable bonds is 19. The van der Waals surface area contributed by atoms with Crippen LogP contribution < -0.4 is 47.0 Å². The number of anilines is 5. The highest BCUT2D eigenvalue weighted by Gasteiger charge is 2.35. The monoisotopic (exact) mass is 936 g/mol. The van der Waals surface area contributed by atoms with Crippen molar-refractivity contribution in [1.82, 2.24) is 5.32 Å². The number of hydrogen-bond donors (Lipinski definition) is 10. The van der Waals surface area contributed by atoms with Crippen LogP contribution in [-0.2, 0) is 14.3 Å². The second-order valence-corrected chi connectivity index (χ2v) is 15.2. The van der Waals surface area contributed by atoms with Crippen LogP contribution in [0.5, 0.6) is 23.0 Å². The van der Waals surface area contributed by atoms with Crippen LogP contribution in [0.25, 0.3) is 0 Å². The molecule has 0 aliphatic carbocycles. The van der Waals surface area contributed by atoms with E-state index in [0.717, 1.165) is 13.2 Å². The standard InChI is InChI=1S/C46H46N7O15/c1-22(2)67-37-32(20-18-30(35(37)54)44(60)51-33-21-19-31(46(62)63)36(55)38(33)68-23(3)4)50-42(58)24-6-14-28(15-7-24)49-45(61)34(39(66-5)40(47)56)52-43(59)25-8-12-27(13-9-25)48-41(57)26-10-16-29(17-11-26)53(64)65/h6-23,34,39,54-55,64H,1-5H3,(H2,47,56)(H,48,57)(H,49,61)(H,50,58)(H,51,60)(H,52,59)(H,62,63)/q-1/t34-,39+/m1/s1. The normalized spacial score (nSPS) is 11.7. The van der Waals surface area contributed by atoms with Gasteiger partial charge in [0.05, 0.1) is 34.8 Å². The van der Waals surface area contributed by atoms with Crippen molar-refractivity contribution < 1.29 is 68.3 Å². The average molecular weight is 937 g/mol. The SMILES string of the molecule is CO[C@H](C(N)=O)[C@@H](NC(=O)c1ccc(NC(=O)c2ccc(N([O-])O)cc2)cc1)C(=O)Nc1ccc(C(=O)Nc2ccc(C(=O)Nc3ccc(C(=O)O)c(O)c3OC(C)C)c(O)c2OC(C)C)cc1. The van der Waals surface area contributed by atoms with Gasteiger partial charge in [-0.15, -0.1) is 0 Å². The predicted molar refractivity (Wildman–Crippen MR) is 245 cm³/mol. The Morgan fingerprint density at radius 2 is 1.01 bits per heavy atom. The highest BCUT2D eigenvalue weighted by atomic mass is 16.8. The lowest BCUT2D eigenvalue weighted by Gasteiger charge is -2.24. The second kappa shape index (κ2) is 22.0. The van der Waals surface area contributed by atoms with Gasteiger partial charge >= 0.3 is 5.97 Å². The fraction of sp³-hybridized carbons (Fsp3) is 0.196. The molecule has 5 aromatic rings. The maximum atomic E-state index is 13.6. The van der Waals surface area contributed by atoms with E-state index in [1.807, 2.05) is 0 Å². The van der Waals surface area contributed by atoms with Crippen molar-refractivity contribution in [1.29, 1.82) is 0 Å². The van der Waals surface area contributed by atoms with Gasteiger partial charge in [0.15, 0.2) is 29.1 Å². The lowest BCUT2D eigenvalue weighted by atomic mass is 10.1. The van der Waals surface area contributed by atoms with E-state index in [2.05, 4.69) is 26.6 Å². The molecular formula is C46H46N7O15-. The van der Waals surface area contributed by atoms with Crippen LogP contribution in [0.15, 0.2) is 97.1 Å². The Hall–Kier alpha value is -8.73. The van der Waals surface area contributed by atoms with Crippen molar-refractivity contribution in [3.05, 3.63) is 130 Å². The van der Waals surface area contributed by atoms with Crippen molar-refractivity contribution in [3.63, 3.8) is 0 Å². The molecule has 0 spiro atoms. The van der Waals surface area contributed by atoms with Gasteiger partial charge in [0.2, 0.25) is 11.8 Å². The summed E-state index contributed by atoms with van der Waals surface area (Å²) in [6.07, 6.45) is -2.74. The zero-order chi connectivity index (χ0) is 50.0. The number of aromatic hydroxyl groups is 2. The van der Waals surface area contributed by atoms with E-state index in [1.165, 1.54) is 91.0 Å². The summed E-state index contributed by atoms with van der Waals surface area (Å²) in [7, 11) is 1.11. The van der Waals surface area contributed by atoms with Crippen LogP contribution in [0.1, 0.15) is 79.5 Å². The van der Waals surface area contributed by atoms with Crippen LogP contribution >= 0.6 is 0 Å². The number of carbonyl (C=O) groups excluding carboxylic acids is 6. The number of aromatic carboxylic acids is 1. The number of nitrogens with zero attached hydrogens (tertiary/aromatic N) is 1. The number of phenolic OH excluding ortho intramolecular Hbond substituents is 1. The second-order valence-electron chi connectivity index (χ2n) is 15.2. The van der Waals surface area contributed by atoms with E-state index in [4.69, 9.17) is 25.2 Å². The van der Waals surface area contributed by atoms with Gasteiger partial charge in [-0.2, -0.15) is 0 Å². The zero-order valence-corrected chi connectivity index (χ0v) is 36.9. The average Bonchev–Trinajstić information content (AvgIpc) is 3.28. The molecule has 356 valence electrons. The predicted octanol–water partition coefficient (Wildman–Crippen LogP) is 5.06. The van der Waals surface area contributed by atoms with Crippen molar-refractivity contribution in [3.8, 4) is 23.0 Å². The number of nitrogens with two attached hydrogens (primary N) is 1. The fourth-order valence-electron chi connectivity index (χ4n) is 6.28. The molecule has 0 aromatic heterocycles. The third-order valence-corrected chi connectivity index (χ3v) is 9.52. The molecule has 5 rings (SSSR count). The summed E-state index contributed by atoms with van der Waals surface area (Å²) < 4.78 is 16.5. The summed E-state index contributed by atoms with van der Waals surface area (Å²) in [6.45, 7) is 6.52. The maximum Gasteiger partial charge on any atom is 0.339 e. The van der Waals surface area contributed by atoms with E-state index < -0.39 is 82.8 Å². The number of primary amides is 1. The first-order valence-corrected chi connectivity index (χ1v) is 20.3. The van der Waals surface area contributed by atoms with Gasteiger partial charge in [-0.3, -0.25) is 34.0 Å². The minimum atomic E-state index is -1.67. The maximum absolute atomic E-state index is 13.6. The largest absolute Gasteiger partial charge is 0.733 e. The molecule has 0 aliphatic heterocycles. The Morgan fingerprint density at radius 3 is 1.47 bits per heavy atom. The molecule has 0 radical (unpaired) electrons. The number of ether oxygens (including phenoxy) is 3. The lowest BCUT2D eigenvalue weighted by molar-refractivity contribution is -0.134. The molecule has 68 heavy (non-hydrogen) atoms. The third-order valence-electron chi connectivity index (χ3n) is 9.52. The molecule has 0 aliphatic rings. The number of carboxylic acid groups (broad SMARTS) is 1. The van der Waals surface area contributed by atoms with Crippen LogP contribution in [0, 0.1) is 5.21 Å². The number of hydrogen-bond acceptors (Lipinski definition) is 15. The van der Waals surface area contributed by atoms with Gasteiger partial charge in [0.25, 0.3) is 23.6 Å². The topological polar surface area (TPSA) is 341 Å². The number of carbonyl (C=O) groups is 7. The number of benzene rings is 5. The first kappa shape index (κ1) is 50.3. The minimum absolute atomic E-state index is 0.0169. The molecule has 0 saturated heterocycles. The zero-order valence-electron chi connectivity index (χ0n) is 36.9. The molecule has 6 amide bonds. The first-order chi connectivity index (χ1) is 32.2. The molecule has 0 saturated carbocycles. The Bertz CT molecular complexity index is 2710. The van der Waals surface area contributed by atoms with Crippen LogP contribution in [0.4, 0.5) is 28.4 Å². The Kier molecular flexibility index (Phi) is 16.2. The van der Waals surface area contributed by atoms with E-state index in [9.17, 15) is 54.1 Å². The molecule has 5 aromatic carbocycles. The van der Waals surface area contributed by atoms with Crippen LogP contribution in [0.2, 0.25) is 0 Å². The number of amides is 6. The fourth-order valence-corrected chi connectivity index (χ4v) is 6.28. The highest BCUT2D eigenvalue weighted by Crippen LogP contribution is 2.41. The van der Waals surface area contributed by atoms with Crippen molar-refractivity contribution in [2.45, 2.75) is 52.0 Å². The van der Waals surface area contributed by atoms with Crippen LogP contribution in [-0.4, -0.2) is 93.4 Å². The smallest absolute Gasteiger partial charge is 0.339 e. The summed E-state index contributed by atoms with van der Waals surface area (Å²) in [5.41, 5.74) is 5.12. The van der Waals surface area contributed by atoms with Gasteiger partial charge in [0.1, 0.15) is 11.6 Å². The molecule has 22 nitrogen and oxygen atoms in total. The summed E-state index contributed by atoms with van der Waals surface area (Å²) in [6, 6.07) is 19.0. The minimum Gasteiger partial charge on any atom is -0.733 e. The summed E-state index contributed by atoms with van der Waals surface area (Å²) in [4.78, 5) is 90.4. The molecule has 22 heteroatoms. The van der Waals surface area contributed by atoms with Crippen molar-refractivity contribution in [2.24, 2.45) is 5.73 Å². The van der Waals surface area contributed by atoms with E-state index in [1.54, 1.807) is 27.7 Å². The number of nitrogens with one attached hydrogen (secondary N) is 5. The van der Waals surface area contributed by atoms with Gasteiger partial charge in [-0.1, -0.05) is 0 Å². The Morgan fingerprint density at radius 1 is 0.588 bits per heavy atom. The molecule has 0 heterocycles. The third kappa shape index (κ3) is 12.3. The number of carboxylic acids is 1. The number of methoxy groups -OCH3 is 1. The summed E-state index contributed by atoms with van der Waals surface area (Å²) in [5.74, 6) is -8.40. The first-order valence-electron chi connectivity index (χ1n) is 20.3. The van der Waals surface area contributed by atoms with E-state index in [0.29, 0.717) is 0 Å². The lowest BCUT2D eigenvalue weighted by Crippen LogP contribution is -2.56. The highest BCUT2D eigenvalue weighted by molar-refractivity contribution is 6.11. The molecule has 11 N–H and O–H groups in total. The van der Waals surface area contributed by atoms with Crippen LogP contribution in [0.3, 0.4) is 0 Å². The Labute approximate surface area is 387 Å². The Balaban J connectivity index is 1.27. The molecule has 2 atom stereocenters. The summed E-state index contributed by atoms with van der Waals surface area (Å²) in [5, 5.41) is 63.7. The van der Waals surface area contributed by atoms with Gasteiger partial charge in [-0.25, -0.2) is 4.79 Å². The van der Waals surface area contributed by atoms with Gasteiger partial charge in [-0.05, 0) is 125 Å². The number of phenols is 2. The molecule has 0 fully saturated rings. The van der Waals surface area contributed by atoms with Gasteiger partial charge in [0, 0.05) is 35.2 Å². The molecule has 0 unspecified atom stereocenters. The van der Waals surface area contributed by atoms with Crippen molar-refractivity contribution in [2.75, 3.05) is 33.6 Å². The summed E-state index contributed by atoms with van der Waals surface area (Å²) >= 11 is 0. The molecule has 0 bridgehead atoms.